The van der Waals surface area contributed by atoms with Gasteiger partial charge in [0.05, 0.1) is 12.7 Å². The molecule has 78 valence electrons. The van der Waals surface area contributed by atoms with Gasteiger partial charge in [0.2, 0.25) is 0 Å². The Labute approximate surface area is 79.5 Å². The third kappa shape index (κ3) is 2.40. The van der Waals surface area contributed by atoms with Gasteiger partial charge < -0.3 is 4.74 Å². The average molecular weight is 208 g/mol. The Morgan fingerprint density at radius 3 is 2.54 bits per heavy atom. The number of hydrogen-bond acceptors (Lipinski definition) is 3. The molecule has 1 aliphatic rings. The lowest BCUT2D eigenvalue weighted by atomic mass is 10.3. The first-order valence-electron chi connectivity index (χ1n) is 4.24. The van der Waals surface area contributed by atoms with Crippen LogP contribution in [0.1, 0.15) is 6.92 Å². The fraction of sp³-hybridized carbons (Fsp3) is 1.00. The predicted octanol–water partition coefficient (Wildman–Crippen LogP) is -0.486. The molecule has 0 aromatic carbocycles. The van der Waals surface area contributed by atoms with E-state index in [0.29, 0.717) is 19.7 Å². The minimum absolute atomic E-state index is 0.0107. The van der Waals surface area contributed by atoms with Crippen LogP contribution in [0.5, 0.6) is 0 Å². The molecular weight excluding hydrogens is 192 g/mol. The maximum absolute atomic E-state index is 11.6. The highest BCUT2D eigenvalue weighted by Gasteiger charge is 2.28. The van der Waals surface area contributed by atoms with E-state index in [1.807, 2.05) is 6.92 Å². The summed E-state index contributed by atoms with van der Waals surface area (Å²) in [5.74, 6) is 0. The number of rotatable bonds is 2. The molecule has 0 aliphatic carbocycles. The SMILES string of the molecule is CC1CN(S(=O)(=O)N(C)C)CCO1. The van der Waals surface area contributed by atoms with Crippen LogP contribution in [0.2, 0.25) is 0 Å². The molecule has 0 amide bonds. The molecule has 0 aromatic rings. The van der Waals surface area contributed by atoms with Crippen LogP contribution in [0.15, 0.2) is 0 Å². The highest BCUT2D eigenvalue weighted by Crippen LogP contribution is 2.10. The van der Waals surface area contributed by atoms with E-state index in [4.69, 9.17) is 4.74 Å². The number of nitrogens with zero attached hydrogens (tertiary/aromatic N) is 2. The Kier molecular flexibility index (Phi) is 3.28. The molecule has 0 spiro atoms. The molecule has 1 rings (SSSR count). The number of hydrogen-bond donors (Lipinski definition) is 0. The molecule has 1 fully saturated rings. The lowest BCUT2D eigenvalue weighted by molar-refractivity contribution is 0.00877. The second-order valence-electron chi connectivity index (χ2n) is 3.33. The zero-order valence-electron chi connectivity index (χ0n) is 8.23. The Morgan fingerprint density at radius 1 is 1.46 bits per heavy atom. The largest absolute Gasteiger partial charge is 0.376 e. The molecule has 13 heavy (non-hydrogen) atoms. The molecule has 1 aliphatic heterocycles. The van der Waals surface area contributed by atoms with Gasteiger partial charge in [-0.05, 0) is 6.92 Å². The molecule has 0 saturated carbocycles. The fourth-order valence-corrected chi connectivity index (χ4v) is 2.39. The van der Waals surface area contributed by atoms with Crippen LogP contribution in [-0.2, 0) is 14.9 Å². The van der Waals surface area contributed by atoms with Crippen molar-refractivity contribution < 1.29 is 13.2 Å². The minimum atomic E-state index is -3.25. The van der Waals surface area contributed by atoms with Crippen molar-refractivity contribution in [3.8, 4) is 0 Å². The van der Waals surface area contributed by atoms with Gasteiger partial charge in [0.1, 0.15) is 0 Å². The van der Waals surface area contributed by atoms with Crippen LogP contribution < -0.4 is 0 Å². The molecule has 1 heterocycles. The zero-order chi connectivity index (χ0) is 10.1. The van der Waals surface area contributed by atoms with Crippen molar-refractivity contribution in [2.75, 3.05) is 33.8 Å². The highest BCUT2D eigenvalue weighted by molar-refractivity contribution is 7.86. The first-order chi connectivity index (χ1) is 5.94. The molecule has 0 N–H and O–H groups in total. The standard InChI is InChI=1S/C7H16N2O3S/c1-7-6-9(4-5-12-7)13(10,11)8(2)3/h7H,4-6H2,1-3H3. The summed E-state index contributed by atoms with van der Waals surface area (Å²) in [4.78, 5) is 0. The third-order valence-electron chi connectivity index (χ3n) is 1.99. The summed E-state index contributed by atoms with van der Waals surface area (Å²) < 4.78 is 31.2. The highest BCUT2D eigenvalue weighted by atomic mass is 32.2. The Balaban J connectivity index is 2.71. The first kappa shape index (κ1) is 10.9. The van der Waals surface area contributed by atoms with Crippen LogP contribution in [0.3, 0.4) is 0 Å². The van der Waals surface area contributed by atoms with E-state index in [-0.39, 0.29) is 6.10 Å². The number of ether oxygens (including phenoxy) is 1. The van der Waals surface area contributed by atoms with Crippen LogP contribution in [0, 0.1) is 0 Å². The maximum atomic E-state index is 11.6. The van der Waals surface area contributed by atoms with E-state index in [0.717, 1.165) is 0 Å². The molecule has 5 nitrogen and oxygen atoms in total. The van der Waals surface area contributed by atoms with Gasteiger partial charge in [0.25, 0.3) is 10.2 Å². The lowest BCUT2D eigenvalue weighted by Gasteiger charge is -2.31. The van der Waals surface area contributed by atoms with Gasteiger partial charge >= 0.3 is 0 Å². The predicted molar refractivity (Wildman–Crippen MR) is 49.6 cm³/mol. The van der Waals surface area contributed by atoms with E-state index < -0.39 is 10.2 Å². The second-order valence-corrected chi connectivity index (χ2v) is 5.47. The van der Waals surface area contributed by atoms with Crippen molar-refractivity contribution in [2.45, 2.75) is 13.0 Å². The van der Waals surface area contributed by atoms with Gasteiger partial charge in [0, 0.05) is 27.2 Å². The quantitative estimate of drug-likeness (QED) is 0.615. The Hall–Kier alpha value is -0.170. The first-order valence-corrected chi connectivity index (χ1v) is 5.63. The van der Waals surface area contributed by atoms with E-state index in [1.165, 1.54) is 22.7 Å². The summed E-state index contributed by atoms with van der Waals surface area (Å²) in [6.45, 7) is 3.25. The summed E-state index contributed by atoms with van der Waals surface area (Å²) in [5.41, 5.74) is 0. The van der Waals surface area contributed by atoms with Gasteiger partial charge in [0.15, 0.2) is 0 Å². The summed E-state index contributed by atoms with van der Waals surface area (Å²) in [6.07, 6.45) is -0.0107. The van der Waals surface area contributed by atoms with Gasteiger partial charge in [-0.25, -0.2) is 0 Å². The summed E-state index contributed by atoms with van der Waals surface area (Å²) >= 11 is 0. The molecular formula is C7H16N2O3S. The summed E-state index contributed by atoms with van der Waals surface area (Å²) in [5, 5.41) is 0. The van der Waals surface area contributed by atoms with Crippen molar-refractivity contribution in [1.29, 1.82) is 0 Å². The van der Waals surface area contributed by atoms with Gasteiger partial charge in [-0.15, -0.1) is 0 Å². The van der Waals surface area contributed by atoms with Crippen LogP contribution >= 0.6 is 0 Å². The van der Waals surface area contributed by atoms with Crippen molar-refractivity contribution >= 4 is 10.2 Å². The van der Waals surface area contributed by atoms with Crippen LogP contribution in [0.4, 0.5) is 0 Å². The minimum Gasteiger partial charge on any atom is -0.376 e. The van der Waals surface area contributed by atoms with Gasteiger partial charge in [-0.3, -0.25) is 0 Å². The molecule has 0 radical (unpaired) electrons. The van der Waals surface area contributed by atoms with Crippen molar-refractivity contribution in [1.82, 2.24) is 8.61 Å². The van der Waals surface area contributed by atoms with E-state index in [9.17, 15) is 8.42 Å². The van der Waals surface area contributed by atoms with Crippen molar-refractivity contribution in [3.63, 3.8) is 0 Å². The van der Waals surface area contributed by atoms with Crippen LogP contribution in [-0.4, -0.2) is 56.9 Å². The van der Waals surface area contributed by atoms with E-state index >= 15 is 0 Å². The van der Waals surface area contributed by atoms with Gasteiger partial charge in [-0.2, -0.15) is 17.0 Å². The zero-order valence-corrected chi connectivity index (χ0v) is 9.04. The molecule has 6 heteroatoms. The normalized spacial score (nSPS) is 26.6. The van der Waals surface area contributed by atoms with Crippen molar-refractivity contribution in [2.24, 2.45) is 0 Å². The van der Waals surface area contributed by atoms with E-state index in [1.54, 1.807) is 0 Å². The fourth-order valence-electron chi connectivity index (χ4n) is 1.23. The maximum Gasteiger partial charge on any atom is 0.281 e. The molecule has 1 saturated heterocycles. The summed E-state index contributed by atoms with van der Waals surface area (Å²) in [7, 11) is -0.172. The summed E-state index contributed by atoms with van der Waals surface area (Å²) in [6, 6.07) is 0. The monoisotopic (exact) mass is 208 g/mol. The van der Waals surface area contributed by atoms with Crippen LogP contribution in [0.25, 0.3) is 0 Å². The van der Waals surface area contributed by atoms with Crippen molar-refractivity contribution in [3.05, 3.63) is 0 Å². The molecule has 1 unspecified atom stereocenters. The van der Waals surface area contributed by atoms with Gasteiger partial charge in [-0.1, -0.05) is 0 Å². The average Bonchev–Trinajstić information content (AvgIpc) is 2.04. The topological polar surface area (TPSA) is 49.9 Å². The number of morpholine rings is 1. The Morgan fingerprint density at radius 2 is 2.08 bits per heavy atom. The molecule has 0 aromatic heterocycles. The van der Waals surface area contributed by atoms with E-state index in [2.05, 4.69) is 0 Å². The lowest BCUT2D eigenvalue weighted by Crippen LogP contribution is -2.48. The smallest absolute Gasteiger partial charge is 0.281 e. The third-order valence-corrected chi connectivity index (χ3v) is 3.90. The molecule has 1 atom stereocenters. The second kappa shape index (κ2) is 3.91. The molecule has 0 bridgehead atoms. The Bertz CT molecular complexity index is 263.